The van der Waals surface area contributed by atoms with Crippen LogP contribution in [0.4, 0.5) is 0 Å². The number of unbranched alkanes of at least 4 members (excludes halogenated alkanes) is 2. The standard InChI is InChI=1S/C12H22N2O3.ClH/c1-17-11(15)7-3-2-4-8-14-12(16)10-6-5-9-13-10;/h10,13H,2-9H2,1H3,(H,14,16);1H. The fourth-order valence-electron chi connectivity index (χ4n) is 1.92. The second-order valence-electron chi connectivity index (χ2n) is 4.33. The van der Waals surface area contributed by atoms with Crippen molar-refractivity contribution in [3.63, 3.8) is 0 Å². The maximum atomic E-state index is 11.6. The molecule has 0 saturated carbocycles. The molecule has 1 heterocycles. The molecular formula is C12H23ClN2O3. The molecular weight excluding hydrogens is 256 g/mol. The molecule has 2 N–H and O–H groups in total. The molecule has 1 saturated heterocycles. The fraction of sp³-hybridized carbons (Fsp3) is 0.833. The van der Waals surface area contributed by atoms with E-state index < -0.39 is 0 Å². The van der Waals surface area contributed by atoms with Gasteiger partial charge in [-0.25, -0.2) is 0 Å². The van der Waals surface area contributed by atoms with E-state index in [0.29, 0.717) is 13.0 Å². The van der Waals surface area contributed by atoms with Crippen LogP contribution in [0.15, 0.2) is 0 Å². The van der Waals surface area contributed by atoms with Gasteiger partial charge in [-0.05, 0) is 32.2 Å². The lowest BCUT2D eigenvalue weighted by molar-refractivity contribution is -0.140. The van der Waals surface area contributed by atoms with Crippen molar-refractivity contribution in [3.05, 3.63) is 0 Å². The van der Waals surface area contributed by atoms with Crippen molar-refractivity contribution in [3.8, 4) is 0 Å². The summed E-state index contributed by atoms with van der Waals surface area (Å²) in [4.78, 5) is 22.4. The molecule has 6 heteroatoms. The van der Waals surface area contributed by atoms with Gasteiger partial charge >= 0.3 is 5.97 Å². The van der Waals surface area contributed by atoms with E-state index in [1.54, 1.807) is 0 Å². The molecule has 0 aromatic heterocycles. The van der Waals surface area contributed by atoms with Gasteiger partial charge in [0.2, 0.25) is 5.91 Å². The Morgan fingerprint density at radius 2 is 2.11 bits per heavy atom. The van der Waals surface area contributed by atoms with E-state index >= 15 is 0 Å². The molecule has 1 unspecified atom stereocenters. The third kappa shape index (κ3) is 6.81. The Labute approximate surface area is 114 Å². The molecule has 1 atom stereocenters. The summed E-state index contributed by atoms with van der Waals surface area (Å²) in [5.74, 6) is -0.0559. The first-order chi connectivity index (χ1) is 8.24. The lowest BCUT2D eigenvalue weighted by atomic mass is 10.2. The van der Waals surface area contributed by atoms with Crippen LogP contribution in [0.5, 0.6) is 0 Å². The SMILES string of the molecule is COC(=O)CCCCCNC(=O)C1CCCN1.Cl. The molecule has 0 aromatic carbocycles. The number of hydrogen-bond donors (Lipinski definition) is 2. The van der Waals surface area contributed by atoms with Crippen LogP contribution in [0.3, 0.4) is 0 Å². The van der Waals surface area contributed by atoms with Gasteiger partial charge in [-0.15, -0.1) is 12.4 Å². The van der Waals surface area contributed by atoms with Crippen molar-refractivity contribution >= 4 is 24.3 Å². The molecule has 1 aliphatic heterocycles. The Morgan fingerprint density at radius 3 is 2.72 bits per heavy atom. The summed E-state index contributed by atoms with van der Waals surface area (Å²) >= 11 is 0. The van der Waals surface area contributed by atoms with Gasteiger partial charge < -0.3 is 15.4 Å². The third-order valence-corrected chi connectivity index (χ3v) is 2.96. The minimum Gasteiger partial charge on any atom is -0.469 e. The first kappa shape index (κ1) is 17.2. The Hall–Kier alpha value is -0.810. The Morgan fingerprint density at radius 1 is 1.33 bits per heavy atom. The molecule has 0 bridgehead atoms. The zero-order valence-electron chi connectivity index (χ0n) is 10.9. The highest BCUT2D eigenvalue weighted by Crippen LogP contribution is 2.05. The Bertz CT molecular complexity index is 256. The van der Waals surface area contributed by atoms with E-state index in [2.05, 4.69) is 15.4 Å². The zero-order chi connectivity index (χ0) is 12.5. The predicted molar refractivity (Wildman–Crippen MR) is 71.8 cm³/mol. The van der Waals surface area contributed by atoms with Gasteiger partial charge in [-0.2, -0.15) is 0 Å². The van der Waals surface area contributed by atoms with Gasteiger partial charge in [-0.1, -0.05) is 6.42 Å². The second kappa shape index (κ2) is 10.1. The number of amides is 1. The van der Waals surface area contributed by atoms with Crippen LogP contribution in [-0.2, 0) is 14.3 Å². The van der Waals surface area contributed by atoms with Gasteiger partial charge in [-0.3, -0.25) is 9.59 Å². The molecule has 0 aromatic rings. The Balaban J connectivity index is 0.00000289. The molecule has 106 valence electrons. The largest absolute Gasteiger partial charge is 0.469 e. The van der Waals surface area contributed by atoms with E-state index in [0.717, 1.165) is 38.6 Å². The van der Waals surface area contributed by atoms with Crippen LogP contribution < -0.4 is 10.6 Å². The molecule has 1 aliphatic rings. The van der Waals surface area contributed by atoms with E-state index in [9.17, 15) is 9.59 Å². The van der Waals surface area contributed by atoms with Crippen molar-refractivity contribution < 1.29 is 14.3 Å². The molecule has 0 spiro atoms. The third-order valence-electron chi connectivity index (χ3n) is 2.96. The van der Waals surface area contributed by atoms with E-state index in [4.69, 9.17) is 0 Å². The van der Waals surface area contributed by atoms with Crippen LogP contribution in [0.1, 0.15) is 38.5 Å². The Kier molecular flexibility index (Phi) is 9.69. The van der Waals surface area contributed by atoms with Gasteiger partial charge in [0.1, 0.15) is 0 Å². The summed E-state index contributed by atoms with van der Waals surface area (Å²) in [5.41, 5.74) is 0. The summed E-state index contributed by atoms with van der Waals surface area (Å²) in [6, 6.07) is 0.00469. The number of halogens is 1. The lowest BCUT2D eigenvalue weighted by Crippen LogP contribution is -2.40. The smallest absolute Gasteiger partial charge is 0.305 e. The van der Waals surface area contributed by atoms with Gasteiger partial charge in [0.05, 0.1) is 13.2 Å². The maximum absolute atomic E-state index is 11.6. The highest BCUT2D eigenvalue weighted by atomic mass is 35.5. The quantitative estimate of drug-likeness (QED) is 0.539. The second-order valence-corrected chi connectivity index (χ2v) is 4.33. The monoisotopic (exact) mass is 278 g/mol. The maximum Gasteiger partial charge on any atom is 0.305 e. The first-order valence-electron chi connectivity index (χ1n) is 6.32. The highest BCUT2D eigenvalue weighted by molar-refractivity contribution is 5.85. The number of ether oxygens (including phenoxy) is 1. The van der Waals surface area contributed by atoms with Crippen LogP contribution in [-0.4, -0.2) is 38.1 Å². The number of rotatable bonds is 7. The van der Waals surface area contributed by atoms with Crippen LogP contribution >= 0.6 is 12.4 Å². The molecule has 0 aliphatic carbocycles. The molecule has 18 heavy (non-hydrogen) atoms. The number of methoxy groups -OCH3 is 1. The van der Waals surface area contributed by atoms with Crippen molar-refractivity contribution in [2.75, 3.05) is 20.2 Å². The summed E-state index contributed by atoms with van der Waals surface area (Å²) in [6.07, 6.45) is 5.16. The van der Waals surface area contributed by atoms with Crippen LogP contribution in [0.25, 0.3) is 0 Å². The van der Waals surface area contributed by atoms with Gasteiger partial charge in [0.15, 0.2) is 0 Å². The summed E-state index contributed by atoms with van der Waals surface area (Å²) in [5, 5.41) is 6.07. The van der Waals surface area contributed by atoms with Crippen LogP contribution in [0.2, 0.25) is 0 Å². The number of nitrogens with one attached hydrogen (secondary N) is 2. The molecule has 1 fully saturated rings. The summed E-state index contributed by atoms with van der Waals surface area (Å²) in [6.45, 7) is 1.63. The molecule has 0 radical (unpaired) electrons. The number of esters is 1. The first-order valence-corrected chi connectivity index (χ1v) is 6.32. The van der Waals surface area contributed by atoms with Crippen molar-refractivity contribution in [1.82, 2.24) is 10.6 Å². The fourth-order valence-corrected chi connectivity index (χ4v) is 1.92. The van der Waals surface area contributed by atoms with E-state index in [1.165, 1.54) is 7.11 Å². The van der Waals surface area contributed by atoms with Gasteiger partial charge in [0.25, 0.3) is 0 Å². The topological polar surface area (TPSA) is 67.4 Å². The summed E-state index contributed by atoms with van der Waals surface area (Å²) < 4.78 is 4.55. The average Bonchev–Trinajstić information content (AvgIpc) is 2.86. The molecule has 1 rings (SSSR count). The lowest BCUT2D eigenvalue weighted by Gasteiger charge is -2.10. The minimum atomic E-state index is -0.163. The highest BCUT2D eigenvalue weighted by Gasteiger charge is 2.20. The normalized spacial score (nSPS) is 17.9. The zero-order valence-corrected chi connectivity index (χ0v) is 11.7. The van der Waals surface area contributed by atoms with Crippen molar-refractivity contribution in [1.29, 1.82) is 0 Å². The predicted octanol–water partition coefficient (Wildman–Crippen LogP) is 1.01. The average molecular weight is 279 g/mol. The minimum absolute atomic E-state index is 0. The number of hydrogen-bond acceptors (Lipinski definition) is 4. The van der Waals surface area contributed by atoms with E-state index in [-0.39, 0.29) is 30.3 Å². The van der Waals surface area contributed by atoms with Crippen molar-refractivity contribution in [2.45, 2.75) is 44.6 Å². The molecule has 5 nitrogen and oxygen atoms in total. The van der Waals surface area contributed by atoms with Crippen molar-refractivity contribution in [2.24, 2.45) is 0 Å². The van der Waals surface area contributed by atoms with E-state index in [1.807, 2.05) is 0 Å². The van der Waals surface area contributed by atoms with Crippen LogP contribution in [0, 0.1) is 0 Å². The number of carbonyl (C=O) groups is 2. The summed E-state index contributed by atoms with van der Waals surface area (Å²) in [7, 11) is 1.40. The number of carbonyl (C=O) groups excluding carboxylic acids is 2. The van der Waals surface area contributed by atoms with Gasteiger partial charge in [0, 0.05) is 13.0 Å². The molecule has 1 amide bonds.